The Kier molecular flexibility index (Phi) is 6.68. The van der Waals surface area contributed by atoms with Crippen LogP contribution in [0.3, 0.4) is 0 Å². The van der Waals surface area contributed by atoms with Gasteiger partial charge in [0.1, 0.15) is 11.2 Å². The molecule has 10 aromatic rings. The van der Waals surface area contributed by atoms with Crippen molar-refractivity contribution in [2.75, 3.05) is 9.80 Å². The highest BCUT2D eigenvalue weighted by molar-refractivity contribution is 7.26. The number of fused-ring (bicyclic) bond motifs is 8. The first-order valence-electron chi connectivity index (χ1n) is 16.9. The number of anilines is 6. The molecule has 3 nitrogen and oxygen atoms in total. The average Bonchev–Trinajstić information content (AvgIpc) is 3.77. The Balaban J connectivity index is 1.38. The van der Waals surface area contributed by atoms with Crippen LogP contribution < -0.4 is 9.80 Å². The van der Waals surface area contributed by atoms with E-state index in [0.29, 0.717) is 0 Å². The van der Waals surface area contributed by atoms with Crippen molar-refractivity contribution in [3.63, 3.8) is 0 Å². The van der Waals surface area contributed by atoms with E-state index in [1.54, 1.807) is 0 Å². The lowest BCUT2D eigenvalue weighted by Crippen LogP contribution is -2.17. The van der Waals surface area contributed by atoms with Crippen LogP contribution in [0.2, 0.25) is 0 Å². The number of para-hydroxylation sites is 3. The van der Waals surface area contributed by atoms with Gasteiger partial charge in [0.15, 0.2) is 0 Å². The van der Waals surface area contributed by atoms with Crippen LogP contribution in [0, 0.1) is 0 Å². The van der Waals surface area contributed by atoms with Gasteiger partial charge in [-0.2, -0.15) is 0 Å². The van der Waals surface area contributed by atoms with Gasteiger partial charge >= 0.3 is 0 Å². The molecule has 236 valence electrons. The van der Waals surface area contributed by atoms with Crippen molar-refractivity contribution in [3.8, 4) is 0 Å². The minimum atomic E-state index is 0.847. The molecule has 0 atom stereocenters. The molecule has 0 radical (unpaired) electrons. The molecule has 0 unspecified atom stereocenters. The smallest absolute Gasteiger partial charge is 0.143 e. The molecule has 2 heterocycles. The lowest BCUT2D eigenvalue weighted by atomic mass is 10.0. The van der Waals surface area contributed by atoms with E-state index in [0.717, 1.165) is 66.8 Å². The van der Waals surface area contributed by atoms with Crippen molar-refractivity contribution in [2.24, 2.45) is 0 Å². The van der Waals surface area contributed by atoms with Gasteiger partial charge in [-0.3, -0.25) is 0 Å². The van der Waals surface area contributed by atoms with Crippen LogP contribution in [0.1, 0.15) is 0 Å². The second-order valence-corrected chi connectivity index (χ2v) is 13.6. The van der Waals surface area contributed by atoms with Gasteiger partial charge in [-0.15, -0.1) is 11.3 Å². The molecule has 0 amide bonds. The van der Waals surface area contributed by atoms with E-state index in [1.165, 1.54) is 20.2 Å². The van der Waals surface area contributed by atoms with Crippen LogP contribution in [0.15, 0.2) is 186 Å². The van der Waals surface area contributed by atoms with Crippen LogP contribution in [-0.4, -0.2) is 0 Å². The Morgan fingerprint density at radius 3 is 1.72 bits per heavy atom. The first-order valence-corrected chi connectivity index (χ1v) is 17.7. The van der Waals surface area contributed by atoms with Crippen LogP contribution in [-0.2, 0) is 0 Å². The molecule has 8 aromatic carbocycles. The van der Waals surface area contributed by atoms with E-state index in [2.05, 4.69) is 192 Å². The third-order valence-electron chi connectivity index (χ3n) is 9.61. The summed E-state index contributed by atoms with van der Waals surface area (Å²) < 4.78 is 9.37. The molecule has 0 spiro atoms. The molecule has 0 aliphatic heterocycles. The van der Waals surface area contributed by atoms with Gasteiger partial charge in [0.05, 0.1) is 27.1 Å². The summed E-state index contributed by atoms with van der Waals surface area (Å²) in [5.41, 5.74) is 8.20. The number of nitrogens with zero attached hydrogens (tertiary/aromatic N) is 2. The molecular weight excluding hydrogens is 629 g/mol. The Bertz CT molecular complexity index is 2780. The summed E-state index contributed by atoms with van der Waals surface area (Å²) in [7, 11) is 0. The summed E-state index contributed by atoms with van der Waals surface area (Å²) >= 11 is 1.85. The number of hydrogen-bond donors (Lipinski definition) is 0. The minimum Gasteiger partial charge on any atom is -0.455 e. The van der Waals surface area contributed by atoms with E-state index < -0.39 is 0 Å². The van der Waals surface area contributed by atoms with Crippen molar-refractivity contribution >= 4 is 98.3 Å². The molecule has 4 heteroatoms. The average molecular weight is 659 g/mol. The maximum absolute atomic E-state index is 6.84. The molecule has 10 rings (SSSR count). The summed E-state index contributed by atoms with van der Waals surface area (Å²) in [6.07, 6.45) is 0. The lowest BCUT2D eigenvalue weighted by Gasteiger charge is -2.33. The summed E-state index contributed by atoms with van der Waals surface area (Å²) in [5, 5.41) is 6.96. The highest BCUT2D eigenvalue weighted by Crippen LogP contribution is 2.53. The Hall–Kier alpha value is -6.36. The molecule has 0 fully saturated rings. The van der Waals surface area contributed by atoms with Gasteiger partial charge in [-0.05, 0) is 72.1 Å². The standard InChI is InChI=1S/C46H30N2OS/c1-4-16-32(17-5-1)47(33-18-6-2-7-19-33)44-39(29-30-41-43(44)38-28-27-31-15-10-11-22-35(31)45(38)49-41)48(34-20-8-3-9-21-34)40-25-14-24-37-36-23-12-13-26-42(36)50-46(37)40/h1-30H. The minimum absolute atomic E-state index is 0.847. The van der Waals surface area contributed by atoms with Crippen molar-refractivity contribution < 1.29 is 4.42 Å². The van der Waals surface area contributed by atoms with Crippen molar-refractivity contribution in [1.82, 2.24) is 0 Å². The maximum atomic E-state index is 6.84. The summed E-state index contributed by atoms with van der Waals surface area (Å²) in [4.78, 5) is 4.83. The van der Waals surface area contributed by atoms with E-state index in [1.807, 2.05) is 11.3 Å². The Morgan fingerprint density at radius 2 is 1.00 bits per heavy atom. The largest absolute Gasteiger partial charge is 0.455 e. The van der Waals surface area contributed by atoms with E-state index >= 15 is 0 Å². The number of hydrogen-bond acceptors (Lipinski definition) is 4. The molecule has 0 bridgehead atoms. The third-order valence-corrected chi connectivity index (χ3v) is 10.8. The van der Waals surface area contributed by atoms with Gasteiger partial charge in [0.2, 0.25) is 0 Å². The second kappa shape index (κ2) is 11.7. The van der Waals surface area contributed by atoms with Crippen LogP contribution >= 0.6 is 11.3 Å². The van der Waals surface area contributed by atoms with E-state index in [-0.39, 0.29) is 0 Å². The highest BCUT2D eigenvalue weighted by atomic mass is 32.1. The fraction of sp³-hybridized carbons (Fsp3) is 0. The van der Waals surface area contributed by atoms with Crippen LogP contribution in [0.25, 0.3) is 52.9 Å². The van der Waals surface area contributed by atoms with Gasteiger partial charge in [0, 0.05) is 43.3 Å². The zero-order valence-electron chi connectivity index (χ0n) is 27.0. The molecule has 0 saturated carbocycles. The van der Waals surface area contributed by atoms with E-state index in [9.17, 15) is 0 Å². The topological polar surface area (TPSA) is 19.6 Å². The molecule has 0 aliphatic rings. The second-order valence-electron chi connectivity index (χ2n) is 12.5. The van der Waals surface area contributed by atoms with Gasteiger partial charge in [-0.25, -0.2) is 0 Å². The molecule has 0 N–H and O–H groups in total. The number of benzene rings is 8. The van der Waals surface area contributed by atoms with Crippen molar-refractivity contribution in [2.45, 2.75) is 0 Å². The Morgan fingerprint density at radius 1 is 0.400 bits per heavy atom. The third kappa shape index (κ3) is 4.50. The maximum Gasteiger partial charge on any atom is 0.143 e. The zero-order chi connectivity index (χ0) is 33.0. The molecule has 50 heavy (non-hydrogen) atoms. The molecule has 0 aliphatic carbocycles. The fourth-order valence-corrected chi connectivity index (χ4v) is 8.63. The molecule has 2 aromatic heterocycles. The first kappa shape index (κ1) is 28.6. The fourth-order valence-electron chi connectivity index (χ4n) is 7.43. The van der Waals surface area contributed by atoms with E-state index in [4.69, 9.17) is 4.42 Å². The van der Waals surface area contributed by atoms with Crippen LogP contribution in [0.4, 0.5) is 34.1 Å². The summed E-state index contributed by atoms with van der Waals surface area (Å²) in [6, 6.07) is 64.8. The predicted molar refractivity (Wildman–Crippen MR) is 213 cm³/mol. The van der Waals surface area contributed by atoms with Gasteiger partial charge in [0.25, 0.3) is 0 Å². The quantitative estimate of drug-likeness (QED) is 0.177. The number of furan rings is 1. The van der Waals surface area contributed by atoms with Crippen LogP contribution in [0.5, 0.6) is 0 Å². The highest BCUT2D eigenvalue weighted by Gasteiger charge is 2.28. The Labute approximate surface area is 293 Å². The molecule has 0 saturated heterocycles. The summed E-state index contributed by atoms with van der Waals surface area (Å²) in [6.45, 7) is 0. The van der Waals surface area contributed by atoms with Gasteiger partial charge in [-0.1, -0.05) is 115 Å². The number of thiophene rings is 1. The first-order chi connectivity index (χ1) is 24.8. The molecular formula is C46H30N2OS. The van der Waals surface area contributed by atoms with Crippen molar-refractivity contribution in [1.29, 1.82) is 0 Å². The monoisotopic (exact) mass is 658 g/mol. The summed E-state index contributed by atoms with van der Waals surface area (Å²) in [5.74, 6) is 0. The SMILES string of the molecule is c1ccc(N(c2ccc3oc4c5ccccc5ccc4c3c2N(c2ccccc2)c2ccccc2)c2cccc3c2sc2ccccc23)cc1. The predicted octanol–water partition coefficient (Wildman–Crippen LogP) is 14.0. The number of rotatable bonds is 6. The van der Waals surface area contributed by atoms with Crippen molar-refractivity contribution in [3.05, 3.63) is 182 Å². The van der Waals surface area contributed by atoms with Gasteiger partial charge < -0.3 is 14.2 Å². The normalized spacial score (nSPS) is 11.6. The lowest BCUT2D eigenvalue weighted by molar-refractivity contribution is 0.672. The zero-order valence-corrected chi connectivity index (χ0v) is 27.8.